The zero-order valence-electron chi connectivity index (χ0n) is 17.5. The number of hydrogen-bond donors (Lipinski definition) is 1. The summed E-state index contributed by atoms with van der Waals surface area (Å²) in [6.45, 7) is 0.645. The molecule has 0 fully saturated rings. The molecule has 4 aromatic rings. The van der Waals surface area contributed by atoms with Crippen molar-refractivity contribution in [2.45, 2.75) is 22.9 Å². The summed E-state index contributed by atoms with van der Waals surface area (Å²) in [7, 11) is 0. The molecule has 164 valence electrons. The molecule has 1 aliphatic heterocycles. The van der Waals surface area contributed by atoms with Crippen molar-refractivity contribution in [3.63, 3.8) is 0 Å². The maximum Gasteiger partial charge on any atom is 0.259 e. The van der Waals surface area contributed by atoms with E-state index in [1.54, 1.807) is 47.6 Å². The van der Waals surface area contributed by atoms with Crippen LogP contribution in [0.2, 0.25) is 5.02 Å². The molecular formula is C26H19ClN2O3S. The van der Waals surface area contributed by atoms with Crippen LogP contribution in [0.25, 0.3) is 0 Å². The molecule has 0 radical (unpaired) electrons. The quantitative estimate of drug-likeness (QED) is 0.375. The average Bonchev–Trinajstić information content (AvgIpc) is 3.33. The highest BCUT2D eigenvalue weighted by molar-refractivity contribution is 7.99. The third kappa shape index (κ3) is 4.53. The number of nitrogens with zero attached hydrogens (tertiary/aromatic N) is 1. The van der Waals surface area contributed by atoms with E-state index in [0.717, 1.165) is 15.4 Å². The minimum Gasteiger partial charge on any atom is -0.467 e. The van der Waals surface area contributed by atoms with Crippen LogP contribution in [0.15, 0.2) is 99.3 Å². The van der Waals surface area contributed by atoms with Gasteiger partial charge in [-0.1, -0.05) is 47.6 Å². The van der Waals surface area contributed by atoms with Crippen LogP contribution in [0.1, 0.15) is 32.0 Å². The molecule has 1 aliphatic rings. The number of amides is 2. The first-order chi connectivity index (χ1) is 16.1. The van der Waals surface area contributed by atoms with Crippen molar-refractivity contribution in [1.82, 2.24) is 5.32 Å². The highest BCUT2D eigenvalue weighted by Crippen LogP contribution is 2.42. The molecular weight excluding hydrogens is 456 g/mol. The lowest BCUT2D eigenvalue weighted by Gasteiger charge is -2.24. The van der Waals surface area contributed by atoms with Crippen LogP contribution >= 0.6 is 23.4 Å². The molecule has 3 aromatic carbocycles. The molecule has 2 heterocycles. The van der Waals surface area contributed by atoms with E-state index in [4.69, 9.17) is 16.0 Å². The molecule has 0 saturated carbocycles. The van der Waals surface area contributed by atoms with Crippen molar-refractivity contribution in [2.24, 2.45) is 0 Å². The van der Waals surface area contributed by atoms with E-state index in [1.807, 2.05) is 42.5 Å². The fourth-order valence-electron chi connectivity index (χ4n) is 3.67. The summed E-state index contributed by atoms with van der Waals surface area (Å²) >= 11 is 7.57. The Morgan fingerprint density at radius 3 is 2.58 bits per heavy atom. The third-order valence-electron chi connectivity index (χ3n) is 5.35. The molecule has 1 aromatic heterocycles. The van der Waals surface area contributed by atoms with E-state index in [2.05, 4.69) is 5.32 Å². The lowest BCUT2D eigenvalue weighted by Crippen LogP contribution is -2.31. The Labute approximate surface area is 200 Å². The molecule has 0 unspecified atom stereocenters. The second-order valence-corrected chi connectivity index (χ2v) is 9.08. The molecule has 0 aliphatic carbocycles. The van der Waals surface area contributed by atoms with Crippen molar-refractivity contribution >= 4 is 40.9 Å². The molecule has 5 nitrogen and oxygen atoms in total. The number of furan rings is 1. The van der Waals surface area contributed by atoms with Gasteiger partial charge in [-0.2, -0.15) is 0 Å². The predicted molar refractivity (Wildman–Crippen MR) is 129 cm³/mol. The summed E-state index contributed by atoms with van der Waals surface area (Å²) in [4.78, 5) is 30.0. The number of fused-ring (bicyclic) bond motifs is 2. The van der Waals surface area contributed by atoms with E-state index in [0.29, 0.717) is 34.1 Å². The Morgan fingerprint density at radius 2 is 1.79 bits per heavy atom. The van der Waals surface area contributed by atoms with E-state index in [-0.39, 0.29) is 18.4 Å². The van der Waals surface area contributed by atoms with Gasteiger partial charge in [-0.15, -0.1) is 0 Å². The largest absolute Gasteiger partial charge is 0.467 e. The predicted octanol–water partition coefficient (Wildman–Crippen LogP) is 6.17. The lowest BCUT2D eigenvalue weighted by atomic mass is 10.1. The molecule has 33 heavy (non-hydrogen) atoms. The lowest BCUT2D eigenvalue weighted by molar-refractivity contribution is 0.0945. The van der Waals surface area contributed by atoms with Gasteiger partial charge in [0, 0.05) is 20.4 Å². The molecule has 1 N–H and O–H groups in total. The molecule has 2 amide bonds. The summed E-state index contributed by atoms with van der Waals surface area (Å²) in [5, 5.41) is 3.50. The maximum absolute atomic E-state index is 13.6. The van der Waals surface area contributed by atoms with Gasteiger partial charge >= 0.3 is 0 Å². The van der Waals surface area contributed by atoms with Crippen molar-refractivity contribution in [3.8, 4) is 0 Å². The minimum atomic E-state index is -0.236. The highest BCUT2D eigenvalue weighted by Gasteiger charge is 2.28. The third-order valence-corrected chi connectivity index (χ3v) is 6.74. The van der Waals surface area contributed by atoms with Crippen LogP contribution in [-0.4, -0.2) is 11.8 Å². The summed E-state index contributed by atoms with van der Waals surface area (Å²) in [5.41, 5.74) is 2.75. The van der Waals surface area contributed by atoms with E-state index >= 15 is 0 Å². The first kappa shape index (κ1) is 21.4. The Hall–Kier alpha value is -3.48. The van der Waals surface area contributed by atoms with Crippen LogP contribution in [0.4, 0.5) is 5.69 Å². The zero-order valence-corrected chi connectivity index (χ0v) is 19.0. The van der Waals surface area contributed by atoms with Gasteiger partial charge in [0.1, 0.15) is 5.76 Å². The first-order valence-corrected chi connectivity index (χ1v) is 11.6. The van der Waals surface area contributed by atoms with Gasteiger partial charge in [0.25, 0.3) is 11.8 Å². The monoisotopic (exact) mass is 474 g/mol. The van der Waals surface area contributed by atoms with Gasteiger partial charge in [0.15, 0.2) is 0 Å². The molecule has 0 spiro atoms. The van der Waals surface area contributed by atoms with E-state index < -0.39 is 0 Å². The summed E-state index contributed by atoms with van der Waals surface area (Å²) in [6, 6.07) is 24.0. The van der Waals surface area contributed by atoms with Gasteiger partial charge in [-0.05, 0) is 60.2 Å². The number of carbonyl (C=O) groups excluding carboxylic acids is 2. The van der Waals surface area contributed by atoms with Crippen molar-refractivity contribution in [2.75, 3.05) is 4.90 Å². The van der Waals surface area contributed by atoms with E-state index in [1.165, 1.54) is 11.8 Å². The topological polar surface area (TPSA) is 62.6 Å². The minimum absolute atomic E-state index is 0.111. The Morgan fingerprint density at radius 1 is 0.970 bits per heavy atom. The zero-order chi connectivity index (χ0) is 22.8. The summed E-state index contributed by atoms with van der Waals surface area (Å²) in [6.07, 6.45) is 1.57. The Kier molecular flexibility index (Phi) is 5.94. The van der Waals surface area contributed by atoms with Crippen LogP contribution in [0.3, 0.4) is 0 Å². The first-order valence-electron chi connectivity index (χ1n) is 10.4. The van der Waals surface area contributed by atoms with Crippen molar-refractivity contribution in [3.05, 3.63) is 113 Å². The molecule has 5 rings (SSSR count). The number of hydrogen-bond acceptors (Lipinski definition) is 4. The van der Waals surface area contributed by atoms with Gasteiger partial charge in [0.05, 0.1) is 30.6 Å². The van der Waals surface area contributed by atoms with Gasteiger partial charge < -0.3 is 14.6 Å². The normalized spacial score (nSPS) is 12.6. The smallest absolute Gasteiger partial charge is 0.259 e. The fourth-order valence-corrected chi connectivity index (χ4v) is 4.86. The maximum atomic E-state index is 13.6. The van der Waals surface area contributed by atoms with E-state index in [9.17, 15) is 9.59 Å². The average molecular weight is 475 g/mol. The van der Waals surface area contributed by atoms with Gasteiger partial charge in [-0.3, -0.25) is 9.59 Å². The van der Waals surface area contributed by atoms with Crippen LogP contribution < -0.4 is 10.2 Å². The van der Waals surface area contributed by atoms with Crippen LogP contribution in [0, 0.1) is 0 Å². The van der Waals surface area contributed by atoms with Crippen molar-refractivity contribution in [1.29, 1.82) is 0 Å². The highest BCUT2D eigenvalue weighted by atomic mass is 35.5. The molecule has 0 atom stereocenters. The number of nitrogens with one attached hydrogen (secondary N) is 1. The van der Waals surface area contributed by atoms with Crippen LogP contribution in [-0.2, 0) is 13.1 Å². The van der Waals surface area contributed by atoms with Crippen molar-refractivity contribution < 1.29 is 14.0 Å². The number of halogens is 1. The number of rotatable bonds is 5. The molecule has 0 saturated heterocycles. The Balaban J connectivity index is 1.51. The van der Waals surface area contributed by atoms with Crippen LogP contribution in [0.5, 0.6) is 0 Å². The van der Waals surface area contributed by atoms with Gasteiger partial charge in [-0.25, -0.2) is 0 Å². The second kappa shape index (κ2) is 9.17. The standard InChI is InChI=1S/C26H19ClN2O3S/c27-19-10-7-17(8-11-19)16-29-22-14-18(25(30)28-15-20-4-3-13-32-20)9-12-24(22)33-23-6-2-1-5-21(23)26(29)31/h1-14H,15-16H2,(H,28,30). The SMILES string of the molecule is O=C(NCc1ccco1)c1ccc2c(c1)N(Cc1ccc(Cl)cc1)C(=O)c1ccccc1S2. The Bertz CT molecular complexity index is 1320. The van der Waals surface area contributed by atoms with Gasteiger partial charge in [0.2, 0.25) is 0 Å². The number of anilines is 1. The summed E-state index contributed by atoms with van der Waals surface area (Å²) in [5.74, 6) is 0.323. The summed E-state index contributed by atoms with van der Waals surface area (Å²) < 4.78 is 5.29. The molecule has 7 heteroatoms. The number of benzene rings is 3. The fraction of sp³-hybridized carbons (Fsp3) is 0.0769. The second-order valence-electron chi connectivity index (χ2n) is 7.56. The number of carbonyl (C=O) groups is 2. The molecule has 0 bridgehead atoms.